The third-order valence-electron chi connectivity index (χ3n) is 3.98. The number of ether oxygens (including phenoxy) is 2. The second kappa shape index (κ2) is 8.93. The lowest BCUT2D eigenvalue weighted by Gasteiger charge is -2.11. The standard InChI is InChI=1S/C19H20N4O6S/c1-23(2)30(25,26)16-10-4-13(5-11-16)18-21-22-19(29-18)20-17(24)12-28-15-8-6-14(27-3)7-9-15/h4-11H,12H2,1-3H3,(H,20,22,24). The van der Waals surface area contributed by atoms with E-state index in [1.807, 2.05) is 0 Å². The maximum absolute atomic E-state index is 12.1. The average Bonchev–Trinajstić information content (AvgIpc) is 3.21. The van der Waals surface area contributed by atoms with Crippen molar-refractivity contribution < 1.29 is 27.1 Å². The highest BCUT2D eigenvalue weighted by atomic mass is 32.2. The Labute approximate surface area is 173 Å². The highest BCUT2D eigenvalue weighted by Crippen LogP contribution is 2.23. The molecule has 0 aliphatic rings. The molecule has 11 heteroatoms. The molecule has 0 spiro atoms. The summed E-state index contributed by atoms with van der Waals surface area (Å²) in [4.78, 5) is 12.2. The van der Waals surface area contributed by atoms with Gasteiger partial charge in [-0.2, -0.15) is 0 Å². The van der Waals surface area contributed by atoms with Gasteiger partial charge in [-0.3, -0.25) is 10.1 Å². The molecule has 1 N–H and O–H groups in total. The van der Waals surface area contributed by atoms with Crippen LogP contribution >= 0.6 is 0 Å². The molecule has 0 atom stereocenters. The molecule has 0 saturated carbocycles. The number of methoxy groups -OCH3 is 1. The van der Waals surface area contributed by atoms with Gasteiger partial charge in [-0.05, 0) is 48.5 Å². The summed E-state index contributed by atoms with van der Waals surface area (Å²) in [6, 6.07) is 12.7. The van der Waals surface area contributed by atoms with Gasteiger partial charge in [0.25, 0.3) is 5.91 Å². The smallest absolute Gasteiger partial charge is 0.322 e. The van der Waals surface area contributed by atoms with Crippen LogP contribution < -0.4 is 14.8 Å². The van der Waals surface area contributed by atoms with E-state index in [1.165, 1.54) is 26.2 Å². The number of carbonyl (C=O) groups excluding carboxylic acids is 1. The van der Waals surface area contributed by atoms with Crippen molar-refractivity contribution in [3.05, 3.63) is 48.5 Å². The van der Waals surface area contributed by atoms with Gasteiger partial charge in [0.15, 0.2) is 6.61 Å². The summed E-state index contributed by atoms with van der Waals surface area (Å²) in [5, 5.41) is 10.1. The normalized spacial score (nSPS) is 11.3. The number of hydrogen-bond acceptors (Lipinski definition) is 8. The first kappa shape index (κ1) is 21.3. The number of amides is 1. The highest BCUT2D eigenvalue weighted by Gasteiger charge is 2.18. The van der Waals surface area contributed by atoms with E-state index >= 15 is 0 Å². The van der Waals surface area contributed by atoms with Crippen molar-refractivity contribution in [3.8, 4) is 23.0 Å². The van der Waals surface area contributed by atoms with Crippen LogP contribution in [0.5, 0.6) is 11.5 Å². The Morgan fingerprint density at radius 3 is 2.27 bits per heavy atom. The Hall–Kier alpha value is -3.44. The molecule has 3 aromatic rings. The van der Waals surface area contributed by atoms with E-state index in [1.54, 1.807) is 43.5 Å². The number of anilines is 1. The minimum absolute atomic E-state index is 0.0988. The number of nitrogens with zero attached hydrogens (tertiary/aromatic N) is 3. The first-order chi connectivity index (χ1) is 14.3. The molecule has 1 amide bonds. The van der Waals surface area contributed by atoms with Crippen LogP contribution in [-0.4, -0.2) is 56.6 Å². The fraction of sp³-hybridized carbons (Fsp3) is 0.211. The molecule has 0 bridgehead atoms. The van der Waals surface area contributed by atoms with Gasteiger partial charge in [-0.1, -0.05) is 5.10 Å². The Morgan fingerprint density at radius 1 is 1.03 bits per heavy atom. The maximum Gasteiger partial charge on any atom is 0.322 e. The zero-order chi connectivity index (χ0) is 21.7. The quantitative estimate of drug-likeness (QED) is 0.573. The number of nitrogens with one attached hydrogen (secondary N) is 1. The molecule has 0 radical (unpaired) electrons. The summed E-state index contributed by atoms with van der Waals surface area (Å²) in [5.74, 6) is 0.839. The third-order valence-corrected chi connectivity index (χ3v) is 5.81. The van der Waals surface area contributed by atoms with E-state index in [-0.39, 0.29) is 23.4 Å². The van der Waals surface area contributed by atoms with Gasteiger partial charge in [-0.25, -0.2) is 12.7 Å². The van der Waals surface area contributed by atoms with E-state index in [0.29, 0.717) is 17.1 Å². The molecular formula is C19H20N4O6S. The first-order valence-corrected chi connectivity index (χ1v) is 10.2. The van der Waals surface area contributed by atoms with Crippen molar-refractivity contribution in [3.63, 3.8) is 0 Å². The predicted molar refractivity (Wildman–Crippen MR) is 108 cm³/mol. The number of benzene rings is 2. The van der Waals surface area contributed by atoms with Crippen molar-refractivity contribution in [2.45, 2.75) is 4.90 Å². The van der Waals surface area contributed by atoms with E-state index in [4.69, 9.17) is 13.9 Å². The molecular weight excluding hydrogens is 412 g/mol. The summed E-state index contributed by atoms with van der Waals surface area (Å²) in [7, 11) is 0.932. The van der Waals surface area contributed by atoms with Crippen LogP contribution in [0.3, 0.4) is 0 Å². The second-order valence-electron chi connectivity index (χ2n) is 6.24. The zero-order valence-electron chi connectivity index (χ0n) is 16.5. The summed E-state index contributed by atoms with van der Waals surface area (Å²) < 4.78 is 41.2. The van der Waals surface area contributed by atoms with Crippen molar-refractivity contribution in [2.75, 3.05) is 33.1 Å². The monoisotopic (exact) mass is 432 g/mol. The van der Waals surface area contributed by atoms with Crippen molar-refractivity contribution in [1.29, 1.82) is 0 Å². The largest absolute Gasteiger partial charge is 0.497 e. The van der Waals surface area contributed by atoms with Crippen LogP contribution in [0, 0.1) is 0 Å². The first-order valence-electron chi connectivity index (χ1n) is 8.73. The minimum atomic E-state index is -3.53. The number of carbonyl (C=O) groups is 1. The summed E-state index contributed by atoms with van der Waals surface area (Å²) in [6.07, 6.45) is 0. The molecule has 0 aliphatic carbocycles. The maximum atomic E-state index is 12.1. The molecule has 0 unspecified atom stereocenters. The minimum Gasteiger partial charge on any atom is -0.497 e. The van der Waals surface area contributed by atoms with Gasteiger partial charge in [0, 0.05) is 19.7 Å². The fourth-order valence-electron chi connectivity index (χ4n) is 2.35. The predicted octanol–water partition coefficient (Wildman–Crippen LogP) is 2.01. The fourth-order valence-corrected chi connectivity index (χ4v) is 3.25. The van der Waals surface area contributed by atoms with E-state index in [2.05, 4.69) is 15.5 Å². The van der Waals surface area contributed by atoms with E-state index < -0.39 is 15.9 Å². The van der Waals surface area contributed by atoms with E-state index in [9.17, 15) is 13.2 Å². The molecule has 158 valence electrons. The molecule has 1 heterocycles. The third kappa shape index (κ3) is 4.93. The van der Waals surface area contributed by atoms with Gasteiger partial charge in [-0.15, -0.1) is 5.10 Å². The summed E-state index contributed by atoms with van der Waals surface area (Å²) in [5.41, 5.74) is 0.509. The Balaban J connectivity index is 1.59. The van der Waals surface area contributed by atoms with Crippen molar-refractivity contribution in [2.24, 2.45) is 0 Å². The molecule has 0 fully saturated rings. The molecule has 0 saturated heterocycles. The van der Waals surface area contributed by atoms with Crippen molar-refractivity contribution >= 4 is 21.9 Å². The number of sulfonamides is 1. The molecule has 3 rings (SSSR count). The van der Waals surface area contributed by atoms with Gasteiger partial charge in [0.05, 0.1) is 12.0 Å². The van der Waals surface area contributed by atoms with Crippen LogP contribution in [0.2, 0.25) is 0 Å². The lowest BCUT2D eigenvalue weighted by molar-refractivity contribution is -0.118. The summed E-state index contributed by atoms with van der Waals surface area (Å²) in [6.45, 7) is -0.249. The lowest BCUT2D eigenvalue weighted by Crippen LogP contribution is -2.22. The SMILES string of the molecule is COc1ccc(OCC(=O)Nc2nnc(-c3ccc(S(=O)(=O)N(C)C)cc3)o2)cc1. The number of rotatable bonds is 8. The van der Waals surface area contributed by atoms with Crippen molar-refractivity contribution in [1.82, 2.24) is 14.5 Å². The van der Waals surface area contributed by atoms with Crippen LogP contribution in [0.1, 0.15) is 0 Å². The molecule has 30 heavy (non-hydrogen) atoms. The molecule has 0 aliphatic heterocycles. The Bertz CT molecular complexity index is 1110. The Kier molecular flexibility index (Phi) is 6.33. The zero-order valence-corrected chi connectivity index (χ0v) is 17.3. The molecule has 1 aromatic heterocycles. The van der Waals surface area contributed by atoms with Gasteiger partial charge in [0.1, 0.15) is 11.5 Å². The van der Waals surface area contributed by atoms with Crippen LogP contribution in [0.4, 0.5) is 6.01 Å². The Morgan fingerprint density at radius 2 is 1.67 bits per heavy atom. The molecule has 2 aromatic carbocycles. The topological polar surface area (TPSA) is 124 Å². The summed E-state index contributed by atoms with van der Waals surface area (Å²) >= 11 is 0. The van der Waals surface area contributed by atoms with Gasteiger partial charge in [0.2, 0.25) is 15.9 Å². The van der Waals surface area contributed by atoms with Gasteiger partial charge >= 0.3 is 6.01 Å². The van der Waals surface area contributed by atoms with Crippen LogP contribution in [0.25, 0.3) is 11.5 Å². The van der Waals surface area contributed by atoms with Gasteiger partial charge < -0.3 is 13.9 Å². The van der Waals surface area contributed by atoms with E-state index in [0.717, 1.165) is 4.31 Å². The molecule has 10 nitrogen and oxygen atoms in total. The number of hydrogen-bond donors (Lipinski definition) is 1. The number of aromatic nitrogens is 2. The lowest BCUT2D eigenvalue weighted by atomic mass is 10.2. The highest BCUT2D eigenvalue weighted by molar-refractivity contribution is 7.89. The average molecular weight is 432 g/mol. The van der Waals surface area contributed by atoms with Crippen LogP contribution in [-0.2, 0) is 14.8 Å². The second-order valence-corrected chi connectivity index (χ2v) is 8.39. The van der Waals surface area contributed by atoms with Crippen LogP contribution in [0.15, 0.2) is 57.8 Å².